The number of nitrogens with zero attached hydrogens (tertiary/aromatic N) is 1. The third kappa shape index (κ3) is 4.91. The lowest BCUT2D eigenvalue weighted by Crippen LogP contribution is -2.44. The largest absolute Gasteiger partial charge is 0.482 e. The van der Waals surface area contributed by atoms with Crippen LogP contribution in [0.1, 0.15) is 18.6 Å². The lowest BCUT2D eigenvalue weighted by Gasteiger charge is -2.33. The van der Waals surface area contributed by atoms with Gasteiger partial charge in [-0.2, -0.15) is 0 Å². The molecule has 25 heavy (non-hydrogen) atoms. The number of benzene rings is 1. The number of halogens is 2. The standard InChI is InChI=1S/C18H19Cl2NO4/c19-13-3-4-17(16(20)10-13)25-12-18(22)21(11-15-2-1-7-24-15)14-5-8-23-9-6-14/h1-4,7,10,14H,5-6,8-9,11-12H2. The van der Waals surface area contributed by atoms with Gasteiger partial charge in [0.25, 0.3) is 5.91 Å². The molecule has 1 aliphatic heterocycles. The molecule has 0 spiro atoms. The van der Waals surface area contributed by atoms with E-state index in [1.165, 1.54) is 0 Å². The first-order chi connectivity index (χ1) is 12.1. The zero-order chi connectivity index (χ0) is 17.6. The Balaban J connectivity index is 1.67. The van der Waals surface area contributed by atoms with E-state index in [2.05, 4.69) is 0 Å². The first-order valence-corrected chi connectivity index (χ1v) is 8.86. The van der Waals surface area contributed by atoms with E-state index in [1.807, 2.05) is 12.1 Å². The number of carbonyl (C=O) groups is 1. The highest BCUT2D eigenvalue weighted by Gasteiger charge is 2.27. The van der Waals surface area contributed by atoms with Gasteiger partial charge in [-0.05, 0) is 43.2 Å². The van der Waals surface area contributed by atoms with Crippen LogP contribution in [0.3, 0.4) is 0 Å². The van der Waals surface area contributed by atoms with E-state index in [-0.39, 0.29) is 18.6 Å². The molecule has 0 atom stereocenters. The van der Waals surface area contributed by atoms with Crippen molar-refractivity contribution in [2.24, 2.45) is 0 Å². The first-order valence-electron chi connectivity index (χ1n) is 8.11. The zero-order valence-corrected chi connectivity index (χ0v) is 15.1. The summed E-state index contributed by atoms with van der Waals surface area (Å²) >= 11 is 12.0. The van der Waals surface area contributed by atoms with Crippen LogP contribution < -0.4 is 4.74 Å². The zero-order valence-electron chi connectivity index (χ0n) is 13.6. The van der Waals surface area contributed by atoms with Crippen LogP contribution >= 0.6 is 23.2 Å². The molecule has 134 valence electrons. The molecule has 0 saturated carbocycles. The minimum Gasteiger partial charge on any atom is -0.482 e. The lowest BCUT2D eigenvalue weighted by molar-refractivity contribution is -0.138. The van der Waals surface area contributed by atoms with Gasteiger partial charge in [0.1, 0.15) is 11.5 Å². The Kier molecular flexibility index (Phi) is 6.24. The van der Waals surface area contributed by atoms with Crippen LogP contribution in [0.2, 0.25) is 10.0 Å². The maximum atomic E-state index is 12.8. The quantitative estimate of drug-likeness (QED) is 0.750. The average molecular weight is 384 g/mol. The SMILES string of the molecule is O=C(COc1ccc(Cl)cc1Cl)N(Cc1ccco1)C1CCOCC1. The maximum Gasteiger partial charge on any atom is 0.261 e. The summed E-state index contributed by atoms with van der Waals surface area (Å²) in [5.74, 6) is 1.06. The summed E-state index contributed by atoms with van der Waals surface area (Å²) in [6.07, 6.45) is 3.20. The summed E-state index contributed by atoms with van der Waals surface area (Å²) in [6, 6.07) is 8.69. The highest BCUT2D eigenvalue weighted by molar-refractivity contribution is 6.35. The molecule has 0 bridgehead atoms. The second-order valence-corrected chi connectivity index (χ2v) is 6.65. The van der Waals surface area contributed by atoms with Crippen molar-refractivity contribution in [3.05, 3.63) is 52.4 Å². The third-order valence-electron chi connectivity index (χ3n) is 4.10. The number of hydrogen-bond acceptors (Lipinski definition) is 4. The number of amides is 1. The van der Waals surface area contributed by atoms with Crippen molar-refractivity contribution in [1.82, 2.24) is 4.90 Å². The predicted molar refractivity (Wildman–Crippen MR) is 95.1 cm³/mol. The molecule has 0 unspecified atom stereocenters. The molecule has 0 radical (unpaired) electrons. The van der Waals surface area contributed by atoms with Gasteiger partial charge in [0.2, 0.25) is 0 Å². The van der Waals surface area contributed by atoms with E-state index in [4.69, 9.17) is 37.1 Å². The van der Waals surface area contributed by atoms with Gasteiger partial charge >= 0.3 is 0 Å². The molecule has 5 nitrogen and oxygen atoms in total. The molecular formula is C18H19Cl2NO4. The van der Waals surface area contributed by atoms with Gasteiger partial charge in [0.15, 0.2) is 6.61 Å². The normalized spacial score (nSPS) is 15.1. The molecule has 7 heteroatoms. The van der Waals surface area contributed by atoms with Crippen molar-refractivity contribution in [3.63, 3.8) is 0 Å². The van der Waals surface area contributed by atoms with E-state index in [9.17, 15) is 4.79 Å². The van der Waals surface area contributed by atoms with Crippen LogP contribution in [0.15, 0.2) is 41.0 Å². The molecule has 1 fully saturated rings. The molecule has 2 heterocycles. The average Bonchev–Trinajstić information content (AvgIpc) is 3.13. The minimum atomic E-state index is -0.116. The summed E-state index contributed by atoms with van der Waals surface area (Å²) < 4.78 is 16.4. The fourth-order valence-electron chi connectivity index (χ4n) is 2.80. The lowest BCUT2D eigenvalue weighted by atomic mass is 10.1. The van der Waals surface area contributed by atoms with Crippen LogP contribution in [0, 0.1) is 0 Å². The predicted octanol–water partition coefficient (Wildman–Crippen LogP) is 4.17. The second-order valence-electron chi connectivity index (χ2n) is 5.81. The van der Waals surface area contributed by atoms with Gasteiger partial charge in [-0.1, -0.05) is 23.2 Å². The molecule has 1 aliphatic rings. The van der Waals surface area contributed by atoms with Crippen LogP contribution in [-0.4, -0.2) is 36.7 Å². The third-order valence-corrected chi connectivity index (χ3v) is 4.63. The number of furan rings is 1. The monoisotopic (exact) mass is 383 g/mol. The van der Waals surface area contributed by atoms with Crippen molar-refractivity contribution >= 4 is 29.1 Å². The molecule has 3 rings (SSSR count). The minimum absolute atomic E-state index is 0.0978. The number of hydrogen-bond donors (Lipinski definition) is 0. The summed E-state index contributed by atoms with van der Waals surface area (Å²) in [6.45, 7) is 1.61. The van der Waals surface area contributed by atoms with Crippen molar-refractivity contribution in [3.8, 4) is 5.75 Å². The summed E-state index contributed by atoms with van der Waals surface area (Å²) in [7, 11) is 0. The van der Waals surface area contributed by atoms with E-state index >= 15 is 0 Å². The number of carbonyl (C=O) groups excluding carboxylic acids is 1. The molecule has 1 aromatic heterocycles. The van der Waals surface area contributed by atoms with Crippen LogP contribution in [0.5, 0.6) is 5.75 Å². The summed E-state index contributed by atoms with van der Waals surface area (Å²) in [5, 5.41) is 0.897. The van der Waals surface area contributed by atoms with Crippen LogP contribution in [-0.2, 0) is 16.1 Å². The van der Waals surface area contributed by atoms with Gasteiger partial charge in [0, 0.05) is 24.3 Å². The van der Waals surface area contributed by atoms with Gasteiger partial charge in [0.05, 0.1) is 17.8 Å². The van der Waals surface area contributed by atoms with E-state index < -0.39 is 0 Å². The van der Waals surface area contributed by atoms with Crippen molar-refractivity contribution in [2.75, 3.05) is 19.8 Å². The Morgan fingerprint density at radius 1 is 1.24 bits per heavy atom. The van der Waals surface area contributed by atoms with E-state index in [0.717, 1.165) is 18.6 Å². The van der Waals surface area contributed by atoms with Crippen molar-refractivity contribution in [1.29, 1.82) is 0 Å². The molecular weight excluding hydrogens is 365 g/mol. The Bertz CT molecular complexity index is 699. The molecule has 1 amide bonds. The Morgan fingerprint density at radius 2 is 2.04 bits per heavy atom. The fourth-order valence-corrected chi connectivity index (χ4v) is 3.27. The van der Waals surface area contributed by atoms with Crippen molar-refractivity contribution < 1.29 is 18.7 Å². The first kappa shape index (κ1) is 18.1. The van der Waals surface area contributed by atoms with Gasteiger partial charge in [-0.25, -0.2) is 0 Å². The fraction of sp³-hybridized carbons (Fsp3) is 0.389. The molecule has 1 aromatic carbocycles. The molecule has 1 saturated heterocycles. The molecule has 0 aliphatic carbocycles. The van der Waals surface area contributed by atoms with Gasteiger partial charge < -0.3 is 18.8 Å². The summed E-state index contributed by atoms with van der Waals surface area (Å²) in [4.78, 5) is 14.6. The number of rotatable bonds is 6. The van der Waals surface area contributed by atoms with Crippen molar-refractivity contribution in [2.45, 2.75) is 25.4 Å². The van der Waals surface area contributed by atoms with Crippen LogP contribution in [0.4, 0.5) is 0 Å². The Hall–Kier alpha value is -1.69. The van der Waals surface area contributed by atoms with Crippen LogP contribution in [0.25, 0.3) is 0 Å². The summed E-state index contributed by atoms with van der Waals surface area (Å²) in [5.41, 5.74) is 0. The molecule has 2 aromatic rings. The molecule has 0 N–H and O–H groups in total. The van der Waals surface area contributed by atoms with Gasteiger partial charge in [-0.15, -0.1) is 0 Å². The maximum absolute atomic E-state index is 12.8. The smallest absolute Gasteiger partial charge is 0.261 e. The second kappa shape index (κ2) is 8.61. The highest BCUT2D eigenvalue weighted by Crippen LogP contribution is 2.27. The van der Waals surface area contributed by atoms with E-state index in [1.54, 1.807) is 29.4 Å². The van der Waals surface area contributed by atoms with Gasteiger partial charge in [-0.3, -0.25) is 4.79 Å². The Labute approximate surface area is 156 Å². The van der Waals surface area contributed by atoms with E-state index in [0.29, 0.717) is 35.6 Å². The Morgan fingerprint density at radius 3 is 2.72 bits per heavy atom. The highest BCUT2D eigenvalue weighted by atomic mass is 35.5. The number of ether oxygens (including phenoxy) is 2. The topological polar surface area (TPSA) is 51.9 Å².